The van der Waals surface area contributed by atoms with Gasteiger partial charge in [-0.15, -0.1) is 0 Å². The summed E-state index contributed by atoms with van der Waals surface area (Å²) in [5.74, 6) is 0. The summed E-state index contributed by atoms with van der Waals surface area (Å²) in [6.07, 6.45) is 0.278. The minimum atomic E-state index is 0.139. The highest BCUT2D eigenvalue weighted by molar-refractivity contribution is 9.10. The lowest BCUT2D eigenvalue weighted by Crippen LogP contribution is -2.27. The number of nitrogens with one attached hydrogen (secondary N) is 1. The minimum Gasteiger partial charge on any atom is -0.377 e. The van der Waals surface area contributed by atoms with Crippen LogP contribution in [0.15, 0.2) is 22.7 Å². The number of anilines is 1. The monoisotopic (exact) mass is 342 g/mol. The summed E-state index contributed by atoms with van der Waals surface area (Å²) in [7, 11) is 3.49. The summed E-state index contributed by atoms with van der Waals surface area (Å²) in [6, 6.07) is 6.52. The minimum absolute atomic E-state index is 0.139. The van der Waals surface area contributed by atoms with E-state index in [1.54, 1.807) is 14.2 Å². The van der Waals surface area contributed by atoms with Crippen molar-refractivity contribution in [2.45, 2.75) is 25.7 Å². The zero-order valence-corrected chi connectivity index (χ0v) is 13.9. The lowest BCUT2D eigenvalue weighted by atomic mass is 10.2. The number of nitrogens with zero attached hydrogens (tertiary/aromatic N) is 1. The zero-order chi connectivity index (χ0) is 14.5. The molecule has 1 aliphatic heterocycles. The maximum atomic E-state index is 5.49. The maximum Gasteiger partial charge on any atom is 0.102 e. The highest BCUT2D eigenvalue weighted by Gasteiger charge is 2.33. The first-order valence-electron chi connectivity index (χ1n) is 6.99. The Morgan fingerprint density at radius 1 is 1.25 bits per heavy atom. The van der Waals surface area contributed by atoms with E-state index in [1.807, 2.05) is 0 Å². The smallest absolute Gasteiger partial charge is 0.102 e. The first-order chi connectivity index (χ1) is 9.69. The number of ether oxygens (including phenoxy) is 2. The van der Waals surface area contributed by atoms with Crippen molar-refractivity contribution >= 4 is 21.6 Å². The van der Waals surface area contributed by atoms with Gasteiger partial charge in [0.05, 0.1) is 0 Å². The first-order valence-corrected chi connectivity index (χ1v) is 7.78. The Morgan fingerprint density at radius 2 is 1.90 bits per heavy atom. The molecule has 2 atom stereocenters. The molecule has 0 aliphatic carbocycles. The molecule has 4 nitrogen and oxygen atoms in total. The van der Waals surface area contributed by atoms with Crippen LogP contribution < -0.4 is 10.2 Å². The van der Waals surface area contributed by atoms with E-state index in [2.05, 4.69) is 51.3 Å². The molecule has 0 bridgehead atoms. The highest BCUT2D eigenvalue weighted by atomic mass is 79.9. The summed E-state index contributed by atoms with van der Waals surface area (Å²) < 4.78 is 12.1. The third-order valence-electron chi connectivity index (χ3n) is 3.79. The number of benzene rings is 1. The van der Waals surface area contributed by atoms with E-state index in [-0.39, 0.29) is 12.2 Å². The van der Waals surface area contributed by atoms with E-state index in [0.29, 0.717) is 0 Å². The lowest BCUT2D eigenvalue weighted by Gasteiger charge is -2.19. The molecule has 0 spiro atoms. The fourth-order valence-corrected chi connectivity index (χ4v) is 3.05. The quantitative estimate of drug-likeness (QED) is 0.860. The van der Waals surface area contributed by atoms with E-state index in [4.69, 9.17) is 9.47 Å². The largest absolute Gasteiger partial charge is 0.377 e. The van der Waals surface area contributed by atoms with E-state index < -0.39 is 0 Å². The fraction of sp³-hybridized carbons (Fsp3) is 0.600. The van der Waals surface area contributed by atoms with Crippen LogP contribution in [0.2, 0.25) is 0 Å². The molecule has 0 saturated carbocycles. The van der Waals surface area contributed by atoms with Crippen molar-refractivity contribution in [1.82, 2.24) is 5.32 Å². The van der Waals surface area contributed by atoms with Crippen molar-refractivity contribution in [3.63, 3.8) is 0 Å². The topological polar surface area (TPSA) is 33.7 Å². The molecular formula is C15H23BrN2O2. The van der Waals surface area contributed by atoms with Gasteiger partial charge in [-0.05, 0) is 24.2 Å². The molecule has 1 heterocycles. The highest BCUT2D eigenvalue weighted by Crippen LogP contribution is 2.28. The van der Waals surface area contributed by atoms with Crippen LogP contribution in [0.5, 0.6) is 0 Å². The predicted molar refractivity (Wildman–Crippen MR) is 85.3 cm³/mol. The average molecular weight is 343 g/mol. The SMILES string of the molecule is CCNCc1ccc(N2CC(OC)C(OC)C2)cc1Br. The van der Waals surface area contributed by atoms with E-state index in [1.165, 1.54) is 11.3 Å². The van der Waals surface area contributed by atoms with Gasteiger partial charge in [0.2, 0.25) is 0 Å². The molecule has 112 valence electrons. The Bertz CT molecular complexity index is 430. The van der Waals surface area contributed by atoms with Gasteiger partial charge in [0.25, 0.3) is 0 Å². The van der Waals surface area contributed by atoms with Gasteiger partial charge in [-0.2, -0.15) is 0 Å². The summed E-state index contributed by atoms with van der Waals surface area (Å²) >= 11 is 3.66. The summed E-state index contributed by atoms with van der Waals surface area (Å²) in [5, 5.41) is 3.34. The molecule has 1 aromatic rings. The van der Waals surface area contributed by atoms with Gasteiger partial charge in [0.1, 0.15) is 12.2 Å². The number of rotatable bonds is 6. The second-order valence-electron chi connectivity index (χ2n) is 5.01. The van der Waals surface area contributed by atoms with Crippen molar-refractivity contribution in [3.05, 3.63) is 28.2 Å². The Balaban J connectivity index is 2.08. The molecule has 0 radical (unpaired) electrons. The van der Waals surface area contributed by atoms with Crippen molar-refractivity contribution in [3.8, 4) is 0 Å². The number of halogens is 1. The van der Waals surface area contributed by atoms with Gasteiger partial charge in [0, 0.05) is 44.0 Å². The standard InChI is InChI=1S/C15H23BrN2O2/c1-4-17-8-11-5-6-12(7-13(11)16)18-9-14(19-2)15(10-18)20-3/h5-7,14-15,17H,4,8-10H2,1-3H3. The number of methoxy groups -OCH3 is 2. The summed E-state index contributed by atoms with van der Waals surface area (Å²) in [6.45, 7) is 5.72. The summed E-state index contributed by atoms with van der Waals surface area (Å²) in [4.78, 5) is 2.31. The van der Waals surface area contributed by atoms with Crippen molar-refractivity contribution in [2.75, 3.05) is 38.8 Å². The molecule has 1 saturated heterocycles. The second kappa shape index (κ2) is 7.41. The van der Waals surface area contributed by atoms with Gasteiger partial charge in [-0.3, -0.25) is 0 Å². The predicted octanol–water partition coefficient (Wildman–Crippen LogP) is 2.41. The number of hydrogen-bond donors (Lipinski definition) is 1. The molecule has 5 heteroatoms. The fourth-order valence-electron chi connectivity index (χ4n) is 2.54. The molecule has 0 aromatic heterocycles. The van der Waals surface area contributed by atoms with Crippen LogP contribution >= 0.6 is 15.9 Å². The molecule has 1 fully saturated rings. The Labute approximate surface area is 129 Å². The molecular weight excluding hydrogens is 320 g/mol. The molecule has 2 unspecified atom stereocenters. The Morgan fingerprint density at radius 3 is 2.40 bits per heavy atom. The third kappa shape index (κ3) is 3.52. The van der Waals surface area contributed by atoms with Crippen molar-refractivity contribution in [1.29, 1.82) is 0 Å². The lowest BCUT2D eigenvalue weighted by molar-refractivity contribution is -0.00461. The van der Waals surface area contributed by atoms with E-state index in [9.17, 15) is 0 Å². The van der Waals surface area contributed by atoms with Crippen molar-refractivity contribution in [2.24, 2.45) is 0 Å². The molecule has 2 rings (SSSR count). The van der Waals surface area contributed by atoms with Crippen LogP contribution in [0.3, 0.4) is 0 Å². The van der Waals surface area contributed by atoms with Crippen molar-refractivity contribution < 1.29 is 9.47 Å². The average Bonchev–Trinajstić information content (AvgIpc) is 2.89. The van der Waals surface area contributed by atoms with Crippen LogP contribution in [0, 0.1) is 0 Å². The van der Waals surface area contributed by atoms with Gasteiger partial charge in [0.15, 0.2) is 0 Å². The third-order valence-corrected chi connectivity index (χ3v) is 4.53. The normalized spacial score (nSPS) is 22.5. The van der Waals surface area contributed by atoms with Crippen LogP contribution in [0.1, 0.15) is 12.5 Å². The number of hydrogen-bond acceptors (Lipinski definition) is 4. The molecule has 1 N–H and O–H groups in total. The first kappa shape index (κ1) is 15.8. The second-order valence-corrected chi connectivity index (χ2v) is 5.86. The van der Waals surface area contributed by atoms with Gasteiger partial charge >= 0.3 is 0 Å². The Kier molecular flexibility index (Phi) is 5.84. The van der Waals surface area contributed by atoms with E-state index in [0.717, 1.165) is 30.7 Å². The van der Waals surface area contributed by atoms with Gasteiger partial charge in [-0.25, -0.2) is 0 Å². The molecule has 20 heavy (non-hydrogen) atoms. The van der Waals surface area contributed by atoms with Crippen LogP contribution in [0.25, 0.3) is 0 Å². The zero-order valence-electron chi connectivity index (χ0n) is 12.4. The van der Waals surface area contributed by atoms with Crippen LogP contribution in [-0.2, 0) is 16.0 Å². The molecule has 1 aliphatic rings. The van der Waals surface area contributed by atoms with Gasteiger partial charge in [-0.1, -0.05) is 28.9 Å². The van der Waals surface area contributed by atoms with Crippen LogP contribution in [0.4, 0.5) is 5.69 Å². The van der Waals surface area contributed by atoms with Crippen LogP contribution in [-0.4, -0.2) is 46.1 Å². The molecule has 1 aromatic carbocycles. The van der Waals surface area contributed by atoms with Gasteiger partial charge < -0.3 is 19.7 Å². The van der Waals surface area contributed by atoms with E-state index >= 15 is 0 Å². The maximum absolute atomic E-state index is 5.49. The molecule has 0 amide bonds. The Hall–Kier alpha value is -0.620. The summed E-state index contributed by atoms with van der Waals surface area (Å²) in [5.41, 5.74) is 2.49.